The largest absolute Gasteiger partial charge is 0.481 e. The quantitative estimate of drug-likeness (QED) is 0.196. The van der Waals surface area contributed by atoms with Gasteiger partial charge in [-0.25, -0.2) is 0 Å². The van der Waals surface area contributed by atoms with E-state index in [0.717, 1.165) is 19.3 Å². The Balaban J connectivity index is 1.60. The molecule has 0 saturated heterocycles. The molecule has 0 aliphatic carbocycles. The molecular weight excluding hydrogens is 423 g/mol. The van der Waals surface area contributed by atoms with E-state index < -0.39 is 13.2 Å². The fraction of sp³-hybridized carbons (Fsp3) is 0.367. The van der Waals surface area contributed by atoms with Crippen molar-refractivity contribution in [2.75, 3.05) is 6.16 Å². The Labute approximate surface area is 200 Å². The number of rotatable bonds is 15. The first-order valence-electron chi connectivity index (χ1n) is 12.5. The Hall–Kier alpha value is -2.44. The predicted octanol–water partition coefficient (Wildman–Crippen LogP) is 6.97. The third-order valence-electron chi connectivity index (χ3n) is 6.48. The third kappa shape index (κ3) is 7.54. The SMILES string of the molecule is O=C(O)CCCCCCCCCCC[P+](c1ccccc1)(c1ccccc1)c1ccccc1. The average molecular weight is 462 g/mol. The van der Waals surface area contributed by atoms with E-state index >= 15 is 0 Å². The smallest absolute Gasteiger partial charge is 0.303 e. The van der Waals surface area contributed by atoms with Crippen LogP contribution < -0.4 is 15.9 Å². The number of carbonyl (C=O) groups is 1. The zero-order chi connectivity index (χ0) is 23.2. The number of aliphatic carboxylic acids is 1. The monoisotopic (exact) mass is 461 g/mol. The van der Waals surface area contributed by atoms with Gasteiger partial charge in [-0.15, -0.1) is 0 Å². The van der Waals surface area contributed by atoms with Gasteiger partial charge >= 0.3 is 5.97 Å². The number of benzene rings is 3. The van der Waals surface area contributed by atoms with Crippen molar-refractivity contribution in [1.29, 1.82) is 0 Å². The molecule has 33 heavy (non-hydrogen) atoms. The molecule has 3 aromatic carbocycles. The molecule has 0 bridgehead atoms. The van der Waals surface area contributed by atoms with Gasteiger partial charge < -0.3 is 5.11 Å². The summed E-state index contributed by atoms with van der Waals surface area (Å²) in [7, 11) is -1.68. The van der Waals surface area contributed by atoms with Crippen molar-refractivity contribution in [3.05, 3.63) is 91.0 Å². The average Bonchev–Trinajstić information content (AvgIpc) is 2.86. The Bertz CT molecular complexity index is 829. The molecule has 0 aliphatic rings. The van der Waals surface area contributed by atoms with Crippen LogP contribution >= 0.6 is 7.26 Å². The third-order valence-corrected chi connectivity index (χ3v) is 11.0. The van der Waals surface area contributed by atoms with Crippen molar-refractivity contribution in [1.82, 2.24) is 0 Å². The summed E-state index contributed by atoms with van der Waals surface area (Å²) in [5.41, 5.74) is 0. The minimum absolute atomic E-state index is 0.315. The van der Waals surface area contributed by atoms with Crippen LogP contribution in [0.4, 0.5) is 0 Å². The maximum Gasteiger partial charge on any atom is 0.303 e. The molecule has 0 saturated carbocycles. The molecule has 0 aliphatic heterocycles. The van der Waals surface area contributed by atoms with Crippen LogP contribution in [0.2, 0.25) is 0 Å². The van der Waals surface area contributed by atoms with Crippen LogP contribution in [0.3, 0.4) is 0 Å². The zero-order valence-corrected chi connectivity index (χ0v) is 20.6. The molecule has 3 rings (SSSR count). The van der Waals surface area contributed by atoms with E-state index in [1.165, 1.54) is 60.6 Å². The molecule has 0 spiro atoms. The van der Waals surface area contributed by atoms with Crippen LogP contribution in [0.15, 0.2) is 91.0 Å². The minimum Gasteiger partial charge on any atom is -0.481 e. The lowest BCUT2D eigenvalue weighted by atomic mass is 10.1. The minimum atomic E-state index is -1.68. The highest BCUT2D eigenvalue weighted by Gasteiger charge is 2.44. The summed E-state index contributed by atoms with van der Waals surface area (Å²) in [6, 6.07) is 33.5. The Morgan fingerprint density at radius 2 is 0.848 bits per heavy atom. The fourth-order valence-electron chi connectivity index (χ4n) is 4.74. The molecule has 0 aromatic heterocycles. The van der Waals surface area contributed by atoms with Crippen molar-refractivity contribution in [3.8, 4) is 0 Å². The van der Waals surface area contributed by atoms with E-state index in [-0.39, 0.29) is 0 Å². The topological polar surface area (TPSA) is 37.3 Å². The molecule has 3 aromatic rings. The summed E-state index contributed by atoms with van der Waals surface area (Å²) in [5, 5.41) is 13.1. The van der Waals surface area contributed by atoms with Crippen LogP contribution in [0, 0.1) is 0 Å². The molecular formula is C30H38O2P+. The normalized spacial score (nSPS) is 11.4. The standard InChI is InChI=1S/C30H37O2P/c31-30(32)25-17-6-4-2-1-3-5-7-18-26-33(27-19-11-8-12-20-27,28-21-13-9-14-22-28)29-23-15-10-16-24-29/h8-16,19-24H,1-7,17-18,25-26H2/p+1. The highest BCUT2D eigenvalue weighted by atomic mass is 31.2. The van der Waals surface area contributed by atoms with Crippen molar-refractivity contribution in [3.63, 3.8) is 0 Å². The van der Waals surface area contributed by atoms with Gasteiger partial charge in [0.1, 0.15) is 23.2 Å². The predicted molar refractivity (Wildman–Crippen MR) is 144 cm³/mol. The van der Waals surface area contributed by atoms with Crippen LogP contribution in [-0.4, -0.2) is 17.2 Å². The molecule has 174 valence electrons. The van der Waals surface area contributed by atoms with Crippen molar-refractivity contribution < 1.29 is 9.90 Å². The summed E-state index contributed by atoms with van der Waals surface area (Å²) >= 11 is 0. The molecule has 1 N–H and O–H groups in total. The first-order valence-corrected chi connectivity index (χ1v) is 14.5. The Kier molecular flexibility index (Phi) is 10.7. The summed E-state index contributed by atoms with van der Waals surface area (Å²) < 4.78 is 0. The molecule has 2 nitrogen and oxygen atoms in total. The van der Waals surface area contributed by atoms with Gasteiger partial charge in [-0.3, -0.25) is 4.79 Å². The number of carboxylic acid groups (broad SMARTS) is 1. The van der Waals surface area contributed by atoms with Gasteiger partial charge in [-0.05, 0) is 55.7 Å². The highest BCUT2D eigenvalue weighted by Crippen LogP contribution is 2.55. The van der Waals surface area contributed by atoms with Crippen LogP contribution in [0.1, 0.15) is 64.2 Å². The van der Waals surface area contributed by atoms with Crippen LogP contribution in [0.25, 0.3) is 0 Å². The highest BCUT2D eigenvalue weighted by molar-refractivity contribution is 7.95. The summed E-state index contributed by atoms with van der Waals surface area (Å²) in [5.74, 6) is -0.671. The number of hydrogen-bond donors (Lipinski definition) is 1. The molecule has 0 fully saturated rings. The van der Waals surface area contributed by atoms with Gasteiger partial charge in [0.05, 0.1) is 6.16 Å². The lowest BCUT2D eigenvalue weighted by molar-refractivity contribution is -0.137. The first kappa shape index (κ1) is 25.2. The number of hydrogen-bond acceptors (Lipinski definition) is 1. The van der Waals surface area contributed by atoms with Crippen molar-refractivity contribution in [2.45, 2.75) is 64.2 Å². The molecule has 0 radical (unpaired) electrons. The maximum atomic E-state index is 10.6. The number of unbranched alkanes of at least 4 members (excludes halogenated alkanes) is 8. The molecule has 0 atom stereocenters. The van der Waals surface area contributed by atoms with Crippen LogP contribution in [-0.2, 0) is 4.79 Å². The summed E-state index contributed by atoms with van der Waals surface area (Å²) in [6.07, 6.45) is 12.1. The summed E-state index contributed by atoms with van der Waals surface area (Å²) in [6.45, 7) is 0. The zero-order valence-electron chi connectivity index (χ0n) is 19.7. The Morgan fingerprint density at radius 1 is 0.515 bits per heavy atom. The van der Waals surface area contributed by atoms with Crippen LogP contribution in [0.5, 0.6) is 0 Å². The van der Waals surface area contributed by atoms with Gasteiger partial charge in [0.2, 0.25) is 0 Å². The van der Waals surface area contributed by atoms with E-state index in [1.807, 2.05) is 0 Å². The van der Waals surface area contributed by atoms with E-state index in [2.05, 4.69) is 91.0 Å². The van der Waals surface area contributed by atoms with E-state index in [0.29, 0.717) is 6.42 Å². The van der Waals surface area contributed by atoms with Gasteiger partial charge in [-0.1, -0.05) is 93.1 Å². The lowest BCUT2D eigenvalue weighted by Crippen LogP contribution is -2.33. The molecule has 0 heterocycles. The summed E-state index contributed by atoms with van der Waals surface area (Å²) in [4.78, 5) is 10.6. The fourth-order valence-corrected chi connectivity index (χ4v) is 9.15. The second-order valence-electron chi connectivity index (χ2n) is 8.87. The van der Waals surface area contributed by atoms with Gasteiger partial charge in [-0.2, -0.15) is 0 Å². The van der Waals surface area contributed by atoms with E-state index in [1.54, 1.807) is 0 Å². The van der Waals surface area contributed by atoms with E-state index in [9.17, 15) is 4.79 Å². The second-order valence-corrected chi connectivity index (χ2v) is 12.5. The first-order chi connectivity index (χ1) is 16.2. The lowest BCUT2D eigenvalue weighted by Gasteiger charge is -2.27. The van der Waals surface area contributed by atoms with Gasteiger partial charge in [0.15, 0.2) is 0 Å². The van der Waals surface area contributed by atoms with E-state index in [4.69, 9.17) is 5.11 Å². The van der Waals surface area contributed by atoms with Gasteiger partial charge in [0.25, 0.3) is 0 Å². The van der Waals surface area contributed by atoms with Crippen molar-refractivity contribution >= 4 is 29.1 Å². The second kappa shape index (κ2) is 14.0. The molecule has 0 amide bonds. The molecule has 0 unspecified atom stereocenters. The number of carboxylic acids is 1. The van der Waals surface area contributed by atoms with Crippen molar-refractivity contribution in [2.24, 2.45) is 0 Å². The molecule has 3 heteroatoms. The Morgan fingerprint density at radius 3 is 1.21 bits per heavy atom. The maximum absolute atomic E-state index is 10.6. The van der Waals surface area contributed by atoms with Gasteiger partial charge in [0, 0.05) is 6.42 Å².